The Balaban J connectivity index is 1.67. The number of hydrogen-bond donors (Lipinski definition) is 2. The van der Waals surface area contributed by atoms with Crippen molar-refractivity contribution in [3.63, 3.8) is 0 Å². The molecule has 3 aromatic rings. The van der Waals surface area contributed by atoms with E-state index in [2.05, 4.69) is 20.6 Å². The lowest BCUT2D eigenvalue weighted by molar-refractivity contribution is 0.0945. The van der Waals surface area contributed by atoms with Crippen molar-refractivity contribution in [3.05, 3.63) is 83.0 Å². The zero-order chi connectivity index (χ0) is 17.6. The number of carbonyl (C=O) groups is 1. The monoisotopic (exact) mass is 356 g/mol. The number of carbonyl (C=O) groups excluding carboxylic acids is 1. The van der Waals surface area contributed by atoms with Gasteiger partial charge in [-0.25, -0.2) is 14.4 Å². The Kier molecular flexibility index (Phi) is 5.20. The fourth-order valence-electron chi connectivity index (χ4n) is 2.14. The number of nitrogens with zero attached hydrogens (tertiary/aromatic N) is 2. The van der Waals surface area contributed by atoms with Crippen molar-refractivity contribution in [3.8, 4) is 0 Å². The second-order valence-corrected chi connectivity index (χ2v) is 5.63. The third kappa shape index (κ3) is 4.51. The van der Waals surface area contributed by atoms with Gasteiger partial charge in [-0.15, -0.1) is 0 Å². The standard InChI is InChI=1S/C18H14ClFN4O/c19-13-5-7-14(8-6-13)24-17-9-16(22-11-23-17)18(25)21-10-12-3-1-2-4-15(12)20/h1-9,11H,10H2,(H,21,25)(H,22,23,24). The molecule has 0 aliphatic carbocycles. The maximum absolute atomic E-state index is 13.6. The fourth-order valence-corrected chi connectivity index (χ4v) is 2.26. The van der Waals surface area contributed by atoms with Crippen LogP contribution in [0, 0.1) is 5.82 Å². The smallest absolute Gasteiger partial charge is 0.270 e. The minimum absolute atomic E-state index is 0.0788. The van der Waals surface area contributed by atoms with Crippen LogP contribution in [0.25, 0.3) is 0 Å². The molecule has 0 radical (unpaired) electrons. The van der Waals surface area contributed by atoms with Crippen molar-refractivity contribution in [2.45, 2.75) is 6.54 Å². The van der Waals surface area contributed by atoms with E-state index in [1.165, 1.54) is 18.5 Å². The first-order valence-corrected chi connectivity index (χ1v) is 7.86. The van der Waals surface area contributed by atoms with Gasteiger partial charge < -0.3 is 10.6 Å². The quantitative estimate of drug-likeness (QED) is 0.726. The van der Waals surface area contributed by atoms with E-state index >= 15 is 0 Å². The predicted octanol–water partition coefficient (Wildman–Crippen LogP) is 3.94. The average Bonchev–Trinajstić information content (AvgIpc) is 2.63. The summed E-state index contributed by atoms with van der Waals surface area (Å²) in [7, 11) is 0. The van der Waals surface area contributed by atoms with Gasteiger partial charge in [-0.1, -0.05) is 29.8 Å². The molecule has 0 unspecified atom stereocenters. The maximum Gasteiger partial charge on any atom is 0.270 e. The van der Waals surface area contributed by atoms with Crippen LogP contribution in [0.4, 0.5) is 15.9 Å². The van der Waals surface area contributed by atoms with Crippen LogP contribution in [-0.2, 0) is 6.54 Å². The number of halogens is 2. The van der Waals surface area contributed by atoms with Crippen molar-refractivity contribution in [2.75, 3.05) is 5.32 Å². The number of anilines is 2. The summed E-state index contributed by atoms with van der Waals surface area (Å²) in [5, 5.41) is 6.33. The first-order chi connectivity index (χ1) is 12.1. The van der Waals surface area contributed by atoms with Gasteiger partial charge in [-0.05, 0) is 30.3 Å². The van der Waals surface area contributed by atoms with Gasteiger partial charge in [0.2, 0.25) is 0 Å². The van der Waals surface area contributed by atoms with Crippen molar-refractivity contribution in [1.82, 2.24) is 15.3 Å². The molecule has 0 bridgehead atoms. The Hall–Kier alpha value is -2.99. The minimum atomic E-state index is -0.412. The van der Waals surface area contributed by atoms with Crippen LogP contribution in [0.5, 0.6) is 0 Å². The first-order valence-electron chi connectivity index (χ1n) is 7.48. The molecule has 5 nitrogen and oxygen atoms in total. The van der Waals surface area contributed by atoms with Crippen LogP contribution in [0.2, 0.25) is 5.02 Å². The lowest BCUT2D eigenvalue weighted by Crippen LogP contribution is -2.24. The molecule has 0 saturated heterocycles. The number of amides is 1. The average molecular weight is 357 g/mol. The Morgan fingerprint density at radius 1 is 1.08 bits per heavy atom. The van der Waals surface area contributed by atoms with Crippen molar-refractivity contribution < 1.29 is 9.18 Å². The summed E-state index contributed by atoms with van der Waals surface area (Å²) < 4.78 is 13.6. The van der Waals surface area contributed by atoms with E-state index in [1.54, 1.807) is 42.5 Å². The molecule has 1 amide bonds. The summed E-state index contributed by atoms with van der Waals surface area (Å²) in [4.78, 5) is 20.2. The number of aromatic nitrogens is 2. The molecule has 0 atom stereocenters. The van der Waals surface area contributed by atoms with Crippen LogP contribution in [0.15, 0.2) is 60.9 Å². The molecule has 126 valence electrons. The van der Waals surface area contributed by atoms with E-state index in [0.717, 1.165) is 5.69 Å². The van der Waals surface area contributed by atoms with E-state index in [1.807, 2.05) is 0 Å². The molecular weight excluding hydrogens is 343 g/mol. The number of rotatable bonds is 5. The molecule has 25 heavy (non-hydrogen) atoms. The van der Waals surface area contributed by atoms with Gasteiger partial charge in [-0.3, -0.25) is 4.79 Å². The molecule has 2 N–H and O–H groups in total. The van der Waals surface area contributed by atoms with Gasteiger partial charge in [0.05, 0.1) is 0 Å². The second-order valence-electron chi connectivity index (χ2n) is 5.19. The van der Waals surface area contributed by atoms with E-state index < -0.39 is 5.91 Å². The van der Waals surface area contributed by atoms with Crippen LogP contribution < -0.4 is 10.6 Å². The molecule has 0 aliphatic heterocycles. The van der Waals surface area contributed by atoms with E-state index in [-0.39, 0.29) is 18.1 Å². The minimum Gasteiger partial charge on any atom is -0.347 e. The number of hydrogen-bond acceptors (Lipinski definition) is 4. The van der Waals surface area contributed by atoms with E-state index in [4.69, 9.17) is 11.6 Å². The van der Waals surface area contributed by atoms with Gasteiger partial charge in [0.15, 0.2) is 0 Å². The molecule has 1 aromatic heterocycles. The maximum atomic E-state index is 13.6. The lowest BCUT2D eigenvalue weighted by Gasteiger charge is -2.08. The van der Waals surface area contributed by atoms with Crippen LogP contribution in [-0.4, -0.2) is 15.9 Å². The molecule has 2 aromatic carbocycles. The summed E-state index contributed by atoms with van der Waals surface area (Å²) >= 11 is 5.84. The first kappa shape index (κ1) is 16.9. The highest BCUT2D eigenvalue weighted by Crippen LogP contribution is 2.17. The van der Waals surface area contributed by atoms with Crippen LogP contribution in [0.1, 0.15) is 16.1 Å². The normalized spacial score (nSPS) is 10.3. The third-order valence-electron chi connectivity index (χ3n) is 3.41. The zero-order valence-corrected chi connectivity index (χ0v) is 13.8. The second kappa shape index (κ2) is 7.72. The van der Waals surface area contributed by atoms with Gasteiger partial charge >= 0.3 is 0 Å². The van der Waals surface area contributed by atoms with Gasteiger partial charge in [-0.2, -0.15) is 0 Å². The topological polar surface area (TPSA) is 66.9 Å². The lowest BCUT2D eigenvalue weighted by atomic mass is 10.2. The molecule has 3 rings (SSSR count). The predicted molar refractivity (Wildman–Crippen MR) is 94.3 cm³/mol. The molecule has 7 heteroatoms. The Morgan fingerprint density at radius 2 is 1.84 bits per heavy atom. The zero-order valence-electron chi connectivity index (χ0n) is 13.0. The Labute approximate surface area is 148 Å². The largest absolute Gasteiger partial charge is 0.347 e. The molecule has 1 heterocycles. The molecule has 0 saturated carbocycles. The summed E-state index contributed by atoms with van der Waals surface area (Å²) in [5.74, 6) is -0.311. The van der Waals surface area contributed by atoms with E-state index in [0.29, 0.717) is 16.4 Å². The van der Waals surface area contributed by atoms with Crippen molar-refractivity contribution in [1.29, 1.82) is 0 Å². The molecule has 0 spiro atoms. The third-order valence-corrected chi connectivity index (χ3v) is 3.67. The van der Waals surface area contributed by atoms with Crippen molar-refractivity contribution >= 4 is 29.0 Å². The summed E-state index contributed by atoms with van der Waals surface area (Å²) in [6.07, 6.45) is 1.29. The van der Waals surface area contributed by atoms with Crippen LogP contribution >= 0.6 is 11.6 Å². The summed E-state index contributed by atoms with van der Waals surface area (Å²) in [5.41, 5.74) is 1.37. The summed E-state index contributed by atoms with van der Waals surface area (Å²) in [6.45, 7) is 0.0788. The highest BCUT2D eigenvalue weighted by Gasteiger charge is 2.10. The highest BCUT2D eigenvalue weighted by molar-refractivity contribution is 6.30. The van der Waals surface area contributed by atoms with Gasteiger partial charge in [0.1, 0.15) is 23.7 Å². The molecule has 0 fully saturated rings. The fraction of sp³-hybridized carbons (Fsp3) is 0.0556. The highest BCUT2D eigenvalue weighted by atomic mass is 35.5. The Morgan fingerprint density at radius 3 is 2.60 bits per heavy atom. The Bertz CT molecular complexity index is 886. The molecular formula is C18H14ClFN4O. The SMILES string of the molecule is O=C(NCc1ccccc1F)c1cc(Nc2ccc(Cl)cc2)ncn1. The number of nitrogens with one attached hydrogen (secondary N) is 2. The van der Waals surface area contributed by atoms with Crippen LogP contribution in [0.3, 0.4) is 0 Å². The van der Waals surface area contributed by atoms with Gasteiger partial charge in [0, 0.05) is 28.9 Å². The molecule has 0 aliphatic rings. The van der Waals surface area contributed by atoms with E-state index in [9.17, 15) is 9.18 Å². The summed E-state index contributed by atoms with van der Waals surface area (Å²) in [6, 6.07) is 14.9. The number of benzene rings is 2. The van der Waals surface area contributed by atoms with Gasteiger partial charge in [0.25, 0.3) is 5.91 Å². The van der Waals surface area contributed by atoms with Crippen molar-refractivity contribution in [2.24, 2.45) is 0 Å².